The molecule has 0 amide bonds. The van der Waals surface area contributed by atoms with Crippen LogP contribution < -0.4 is 10.4 Å². The van der Waals surface area contributed by atoms with Crippen LogP contribution in [0.3, 0.4) is 0 Å². The second-order valence-electron chi connectivity index (χ2n) is 7.43. The Morgan fingerprint density at radius 1 is 1.00 bits per heavy atom. The van der Waals surface area contributed by atoms with Crippen molar-refractivity contribution in [3.05, 3.63) is 52.4 Å². The van der Waals surface area contributed by atoms with Crippen molar-refractivity contribution >= 4 is 31.9 Å². The summed E-state index contributed by atoms with van der Waals surface area (Å²) >= 11 is 0. The summed E-state index contributed by atoms with van der Waals surface area (Å²) in [6.45, 7) is -0.642. The molecule has 0 saturated carbocycles. The predicted molar refractivity (Wildman–Crippen MR) is 110 cm³/mol. The molecule has 1 aliphatic heterocycles. The number of hydrogen-bond acceptors (Lipinski definition) is 10. The molecule has 0 spiro atoms. The molecule has 11 nitrogen and oxygen atoms in total. The molecular weight excluding hydrogens is 448 g/mol. The third kappa shape index (κ3) is 4.21. The number of ether oxygens (including phenoxy) is 2. The summed E-state index contributed by atoms with van der Waals surface area (Å²) in [4.78, 5) is 12.0. The summed E-state index contributed by atoms with van der Waals surface area (Å²) in [5, 5.41) is 40.7. The van der Waals surface area contributed by atoms with E-state index in [0.717, 1.165) is 6.07 Å². The van der Waals surface area contributed by atoms with Crippen molar-refractivity contribution in [2.45, 2.75) is 36.5 Å². The van der Waals surface area contributed by atoms with Gasteiger partial charge in [-0.25, -0.2) is 4.79 Å². The summed E-state index contributed by atoms with van der Waals surface area (Å²) in [7, 11) is -4.45. The molecule has 32 heavy (non-hydrogen) atoms. The Kier molecular flexibility index (Phi) is 5.94. The van der Waals surface area contributed by atoms with E-state index in [-0.39, 0.29) is 22.3 Å². The lowest BCUT2D eigenvalue weighted by Crippen LogP contribution is -2.60. The van der Waals surface area contributed by atoms with Gasteiger partial charge in [0.05, 0.1) is 6.61 Å². The van der Waals surface area contributed by atoms with Crippen molar-refractivity contribution in [2.75, 3.05) is 6.61 Å². The average Bonchev–Trinajstić information content (AvgIpc) is 2.72. The van der Waals surface area contributed by atoms with E-state index in [1.807, 2.05) is 0 Å². The Labute approximate surface area is 180 Å². The largest absolute Gasteiger partial charge is 0.461 e. The molecule has 0 radical (unpaired) electrons. The molecule has 1 fully saturated rings. The Hall–Kier alpha value is -2.58. The van der Waals surface area contributed by atoms with Crippen LogP contribution in [0.15, 0.2) is 45.6 Å². The average molecular weight is 468 g/mol. The van der Waals surface area contributed by atoms with Gasteiger partial charge < -0.3 is 34.3 Å². The lowest BCUT2D eigenvalue weighted by molar-refractivity contribution is -0.277. The van der Waals surface area contributed by atoms with Crippen LogP contribution in [0.4, 0.5) is 0 Å². The summed E-state index contributed by atoms with van der Waals surface area (Å²) < 4.78 is 48.5. The van der Waals surface area contributed by atoms with Gasteiger partial charge >= 0.3 is 5.63 Å². The van der Waals surface area contributed by atoms with Crippen molar-refractivity contribution in [3.63, 3.8) is 0 Å². The molecule has 1 aliphatic rings. The smallest absolute Gasteiger partial charge is 0.336 e. The van der Waals surface area contributed by atoms with Gasteiger partial charge in [0.2, 0.25) is 6.29 Å². The first-order valence-corrected chi connectivity index (χ1v) is 11.1. The van der Waals surface area contributed by atoms with E-state index in [1.165, 1.54) is 6.07 Å². The minimum absolute atomic E-state index is 0.0225. The van der Waals surface area contributed by atoms with Crippen molar-refractivity contribution in [1.29, 1.82) is 0 Å². The lowest BCUT2D eigenvalue weighted by Gasteiger charge is -2.39. The Balaban J connectivity index is 1.87. The molecule has 2 heterocycles. The van der Waals surface area contributed by atoms with Crippen molar-refractivity contribution in [1.82, 2.24) is 0 Å². The highest BCUT2D eigenvalue weighted by Gasteiger charge is 2.44. The number of fused-ring (bicyclic) bond motifs is 3. The summed E-state index contributed by atoms with van der Waals surface area (Å²) in [6, 6.07) is 8.81. The van der Waals surface area contributed by atoms with Crippen LogP contribution in [-0.2, 0) is 20.6 Å². The Morgan fingerprint density at radius 2 is 1.69 bits per heavy atom. The van der Waals surface area contributed by atoms with Gasteiger partial charge in [-0.05, 0) is 10.9 Å². The van der Waals surface area contributed by atoms with E-state index in [0.29, 0.717) is 10.8 Å². The van der Waals surface area contributed by atoms with Crippen LogP contribution in [0.25, 0.3) is 21.7 Å². The number of rotatable bonds is 5. The van der Waals surface area contributed by atoms with Crippen LogP contribution >= 0.6 is 0 Å². The fourth-order valence-electron chi connectivity index (χ4n) is 3.78. The van der Waals surface area contributed by atoms with Gasteiger partial charge in [-0.1, -0.05) is 24.3 Å². The molecule has 0 aliphatic carbocycles. The highest BCUT2D eigenvalue weighted by molar-refractivity contribution is 7.85. The zero-order valence-corrected chi connectivity index (χ0v) is 17.2. The summed E-state index contributed by atoms with van der Waals surface area (Å²) in [6.07, 6.45) is -7.56. The highest BCUT2D eigenvalue weighted by atomic mass is 32.2. The van der Waals surface area contributed by atoms with Gasteiger partial charge in [-0.3, -0.25) is 4.55 Å². The van der Waals surface area contributed by atoms with Crippen LogP contribution in [0.1, 0.15) is 5.56 Å². The first-order valence-electron chi connectivity index (χ1n) is 9.50. The van der Waals surface area contributed by atoms with E-state index in [9.17, 15) is 38.2 Å². The van der Waals surface area contributed by atoms with E-state index in [2.05, 4.69) is 0 Å². The standard InChI is InChI=1S/C20H20O11S/c21-7-14-17(23)18(24)19(25)20(31-14)30-12-6-13-16(11-4-2-1-3-10(11)12)9(5-15(22)29-13)8-32(26,27)28/h1-6,14,17-21,23-25H,7-8H2,(H,26,27,28)/t14?,17-,18?,19+,20-/m1/s1. The zero-order valence-electron chi connectivity index (χ0n) is 16.4. The van der Waals surface area contributed by atoms with Crippen molar-refractivity contribution < 1.29 is 47.3 Å². The van der Waals surface area contributed by atoms with Crippen molar-refractivity contribution in [3.8, 4) is 5.75 Å². The van der Waals surface area contributed by atoms with Crippen LogP contribution in [0.5, 0.6) is 5.75 Å². The van der Waals surface area contributed by atoms with Gasteiger partial charge in [0, 0.05) is 22.9 Å². The number of aliphatic hydroxyl groups excluding tert-OH is 4. The quantitative estimate of drug-likeness (QED) is 0.185. The molecule has 4 rings (SSSR count). The number of hydrogen-bond donors (Lipinski definition) is 5. The first-order chi connectivity index (χ1) is 15.1. The third-order valence-electron chi connectivity index (χ3n) is 5.22. The molecule has 0 bridgehead atoms. The SMILES string of the molecule is O=c1cc(CS(=O)(=O)O)c2c(cc(O[C@@H]3OC(CO)[C@@H](O)C(O)[C@@H]3O)c3ccccc32)o1. The number of aliphatic hydroxyl groups is 4. The minimum Gasteiger partial charge on any atom is -0.461 e. The van der Waals surface area contributed by atoms with Crippen molar-refractivity contribution in [2.24, 2.45) is 0 Å². The highest BCUT2D eigenvalue weighted by Crippen LogP contribution is 2.36. The topological polar surface area (TPSA) is 184 Å². The van der Waals surface area contributed by atoms with Gasteiger partial charge in [-0.2, -0.15) is 8.42 Å². The number of benzene rings is 2. The molecule has 5 N–H and O–H groups in total. The second kappa shape index (κ2) is 8.41. The maximum Gasteiger partial charge on any atom is 0.336 e. The fourth-order valence-corrected chi connectivity index (χ4v) is 4.40. The minimum atomic E-state index is -4.45. The van der Waals surface area contributed by atoms with E-state index in [1.54, 1.807) is 24.3 Å². The molecule has 2 unspecified atom stereocenters. The summed E-state index contributed by atoms with van der Waals surface area (Å²) in [5.74, 6) is -0.754. The lowest BCUT2D eigenvalue weighted by atomic mass is 9.99. The molecule has 172 valence electrons. The van der Waals surface area contributed by atoms with E-state index in [4.69, 9.17) is 13.9 Å². The van der Waals surface area contributed by atoms with Gasteiger partial charge in [0.25, 0.3) is 10.1 Å². The molecule has 2 aromatic carbocycles. The monoisotopic (exact) mass is 468 g/mol. The Bertz CT molecular complexity index is 1310. The molecule has 1 aromatic heterocycles. The van der Waals surface area contributed by atoms with Gasteiger partial charge in [0.1, 0.15) is 41.5 Å². The zero-order chi connectivity index (χ0) is 23.2. The van der Waals surface area contributed by atoms with Gasteiger partial charge in [-0.15, -0.1) is 0 Å². The van der Waals surface area contributed by atoms with Crippen LogP contribution in [0.2, 0.25) is 0 Å². The Morgan fingerprint density at radius 3 is 2.34 bits per heavy atom. The maximum absolute atomic E-state index is 12.0. The van der Waals surface area contributed by atoms with E-state index >= 15 is 0 Å². The molecular formula is C20H20O11S. The fraction of sp³-hybridized carbons (Fsp3) is 0.350. The molecule has 12 heteroatoms. The molecule has 5 atom stereocenters. The molecule has 1 saturated heterocycles. The second-order valence-corrected chi connectivity index (χ2v) is 8.88. The third-order valence-corrected chi connectivity index (χ3v) is 5.90. The first kappa shape index (κ1) is 22.6. The maximum atomic E-state index is 12.0. The molecule has 3 aromatic rings. The normalized spacial score (nSPS) is 26.5. The summed E-state index contributed by atoms with van der Waals surface area (Å²) in [5.41, 5.74) is -0.881. The van der Waals surface area contributed by atoms with Crippen LogP contribution in [0, 0.1) is 0 Å². The van der Waals surface area contributed by atoms with E-state index < -0.39 is 58.8 Å². The van der Waals surface area contributed by atoms with Crippen LogP contribution in [-0.4, -0.2) is 70.7 Å². The predicted octanol–water partition coefficient (Wildman–Crippen LogP) is -0.487. The van der Waals surface area contributed by atoms with Gasteiger partial charge in [0.15, 0.2) is 0 Å².